The predicted octanol–water partition coefficient (Wildman–Crippen LogP) is 4.45. The van der Waals surface area contributed by atoms with Crippen LogP contribution in [0, 0.1) is 13.8 Å². The van der Waals surface area contributed by atoms with Gasteiger partial charge in [0.15, 0.2) is 5.16 Å². The van der Waals surface area contributed by atoms with Gasteiger partial charge in [-0.3, -0.25) is 14.2 Å². The quantitative estimate of drug-likeness (QED) is 0.280. The fraction of sp³-hybridized carbons (Fsp3) is 0.276. The molecule has 1 amide bonds. The maximum atomic E-state index is 13.6. The second-order valence-corrected chi connectivity index (χ2v) is 10.1. The third-order valence-corrected chi connectivity index (χ3v) is 7.88. The molecule has 1 aliphatic rings. The Morgan fingerprint density at radius 2 is 1.68 bits per heavy atom. The summed E-state index contributed by atoms with van der Waals surface area (Å²) < 4.78 is 6.91. The summed E-state index contributed by atoms with van der Waals surface area (Å²) >= 11 is 1.32. The molecule has 0 radical (unpaired) electrons. The van der Waals surface area contributed by atoms with Crippen LogP contribution in [0.3, 0.4) is 0 Å². The van der Waals surface area contributed by atoms with Crippen LogP contribution in [0.15, 0.2) is 76.7 Å². The van der Waals surface area contributed by atoms with Crippen LogP contribution in [0.2, 0.25) is 0 Å². The molecule has 37 heavy (non-hydrogen) atoms. The van der Waals surface area contributed by atoms with E-state index in [-0.39, 0.29) is 17.2 Å². The largest absolute Gasteiger partial charge is 0.497 e. The molecule has 190 valence electrons. The van der Waals surface area contributed by atoms with Gasteiger partial charge < -0.3 is 14.5 Å². The number of benzene rings is 3. The van der Waals surface area contributed by atoms with Crippen molar-refractivity contribution in [2.75, 3.05) is 43.9 Å². The molecule has 1 saturated heterocycles. The molecule has 7 nitrogen and oxygen atoms in total. The summed E-state index contributed by atoms with van der Waals surface area (Å²) in [5.74, 6) is 1.10. The first-order chi connectivity index (χ1) is 18.0. The minimum atomic E-state index is -0.123. The van der Waals surface area contributed by atoms with Crippen LogP contribution in [-0.2, 0) is 4.79 Å². The number of nitrogens with zero attached hydrogens (tertiary/aromatic N) is 4. The van der Waals surface area contributed by atoms with E-state index in [0.717, 1.165) is 41.3 Å². The zero-order chi connectivity index (χ0) is 25.9. The van der Waals surface area contributed by atoms with E-state index in [2.05, 4.69) is 4.90 Å². The third kappa shape index (κ3) is 5.06. The molecule has 2 heterocycles. The van der Waals surface area contributed by atoms with Gasteiger partial charge in [-0.1, -0.05) is 36.0 Å². The number of anilines is 1. The molecule has 0 bridgehead atoms. The number of fused-ring (bicyclic) bond motifs is 1. The Morgan fingerprint density at radius 1 is 0.946 bits per heavy atom. The number of hydrogen-bond donors (Lipinski definition) is 0. The summed E-state index contributed by atoms with van der Waals surface area (Å²) in [6.45, 7) is 6.88. The smallest absolute Gasteiger partial charge is 0.266 e. The van der Waals surface area contributed by atoms with E-state index in [4.69, 9.17) is 9.72 Å². The van der Waals surface area contributed by atoms with E-state index in [9.17, 15) is 9.59 Å². The molecule has 0 spiro atoms. The molecular weight excluding hydrogens is 484 g/mol. The summed E-state index contributed by atoms with van der Waals surface area (Å²) in [5, 5.41) is 1.09. The third-order valence-electron chi connectivity index (χ3n) is 6.96. The van der Waals surface area contributed by atoms with Crippen molar-refractivity contribution >= 4 is 34.3 Å². The highest BCUT2D eigenvalue weighted by molar-refractivity contribution is 7.99. The van der Waals surface area contributed by atoms with Gasteiger partial charge in [0.25, 0.3) is 5.56 Å². The van der Waals surface area contributed by atoms with Crippen molar-refractivity contribution in [1.29, 1.82) is 0 Å². The van der Waals surface area contributed by atoms with Crippen LogP contribution in [0.1, 0.15) is 11.1 Å². The number of aromatic nitrogens is 2. The molecule has 3 aromatic carbocycles. The Kier molecular flexibility index (Phi) is 7.19. The fourth-order valence-corrected chi connectivity index (χ4v) is 5.53. The molecule has 1 aromatic heterocycles. The number of thioether (sulfide) groups is 1. The summed E-state index contributed by atoms with van der Waals surface area (Å²) in [6, 6.07) is 21.3. The molecule has 0 aliphatic carbocycles. The molecule has 1 fully saturated rings. The molecule has 0 atom stereocenters. The Morgan fingerprint density at radius 3 is 2.41 bits per heavy atom. The predicted molar refractivity (Wildman–Crippen MR) is 149 cm³/mol. The molecule has 1 aliphatic heterocycles. The van der Waals surface area contributed by atoms with E-state index in [1.54, 1.807) is 17.7 Å². The molecule has 0 N–H and O–H groups in total. The topological polar surface area (TPSA) is 67.7 Å². The Hall–Kier alpha value is -3.78. The molecule has 5 rings (SSSR count). The van der Waals surface area contributed by atoms with Crippen LogP contribution < -0.4 is 15.2 Å². The maximum absolute atomic E-state index is 13.6. The first-order valence-electron chi connectivity index (χ1n) is 12.3. The molecule has 4 aromatic rings. The second kappa shape index (κ2) is 10.7. The highest BCUT2D eigenvalue weighted by Gasteiger charge is 2.23. The number of piperazine rings is 1. The Bertz CT molecular complexity index is 1490. The number of ether oxygens (including phenoxy) is 1. The first kappa shape index (κ1) is 24.9. The lowest BCUT2D eigenvalue weighted by molar-refractivity contribution is -0.128. The highest BCUT2D eigenvalue weighted by Crippen LogP contribution is 2.25. The normalized spacial score (nSPS) is 13.7. The second-order valence-electron chi connectivity index (χ2n) is 9.13. The lowest BCUT2D eigenvalue weighted by Crippen LogP contribution is -2.49. The number of hydrogen-bond acceptors (Lipinski definition) is 6. The van der Waals surface area contributed by atoms with Gasteiger partial charge in [0, 0.05) is 31.9 Å². The fourth-order valence-electron chi connectivity index (χ4n) is 4.62. The van der Waals surface area contributed by atoms with Crippen LogP contribution in [0.4, 0.5) is 5.69 Å². The minimum absolute atomic E-state index is 0.0503. The number of amides is 1. The highest BCUT2D eigenvalue weighted by atomic mass is 32.2. The van der Waals surface area contributed by atoms with Gasteiger partial charge in [-0.15, -0.1) is 0 Å². The van der Waals surface area contributed by atoms with Gasteiger partial charge >= 0.3 is 0 Å². The van der Waals surface area contributed by atoms with Crippen molar-refractivity contribution in [3.8, 4) is 11.4 Å². The van der Waals surface area contributed by atoms with Crippen molar-refractivity contribution in [2.45, 2.75) is 19.0 Å². The van der Waals surface area contributed by atoms with Gasteiger partial charge in [-0.2, -0.15) is 0 Å². The average molecular weight is 515 g/mol. The Balaban J connectivity index is 1.34. The maximum Gasteiger partial charge on any atom is 0.266 e. The van der Waals surface area contributed by atoms with E-state index in [0.29, 0.717) is 29.1 Å². The van der Waals surface area contributed by atoms with Gasteiger partial charge in [0.2, 0.25) is 5.91 Å². The van der Waals surface area contributed by atoms with Gasteiger partial charge in [-0.25, -0.2) is 4.98 Å². The van der Waals surface area contributed by atoms with Gasteiger partial charge in [0.1, 0.15) is 5.75 Å². The number of carbonyl (C=O) groups excluding carboxylic acids is 1. The van der Waals surface area contributed by atoms with Gasteiger partial charge in [-0.05, 0) is 67.4 Å². The monoisotopic (exact) mass is 514 g/mol. The van der Waals surface area contributed by atoms with E-state index in [1.807, 2.05) is 79.4 Å². The summed E-state index contributed by atoms with van der Waals surface area (Å²) in [5.41, 5.74) is 4.55. The number of carbonyl (C=O) groups is 1. The minimum Gasteiger partial charge on any atom is -0.497 e. The number of aryl methyl sites for hydroxylation is 1. The number of para-hydroxylation sites is 1. The standard InChI is InChI=1S/C29H30N4O3S/c1-20-7-6-10-26(21(20)2)33-28(35)24-8-4-5-9-25(24)30-29(33)37-19-27(34)32-17-15-31(16-18-32)22-11-13-23(36-3)14-12-22/h4-14H,15-19H2,1-3H3. The van der Waals surface area contributed by atoms with Crippen molar-refractivity contribution in [3.63, 3.8) is 0 Å². The van der Waals surface area contributed by atoms with Crippen LogP contribution in [0.5, 0.6) is 5.75 Å². The molecule has 0 unspecified atom stereocenters. The number of rotatable bonds is 6. The number of methoxy groups -OCH3 is 1. The van der Waals surface area contributed by atoms with Gasteiger partial charge in [0.05, 0.1) is 29.5 Å². The SMILES string of the molecule is COc1ccc(N2CCN(C(=O)CSc3nc4ccccc4c(=O)n3-c3cccc(C)c3C)CC2)cc1. The lowest BCUT2D eigenvalue weighted by atomic mass is 10.1. The average Bonchev–Trinajstić information content (AvgIpc) is 2.94. The molecular formula is C29H30N4O3S. The van der Waals surface area contributed by atoms with Crippen LogP contribution in [-0.4, -0.2) is 59.4 Å². The Labute approximate surface area is 220 Å². The van der Waals surface area contributed by atoms with E-state index in [1.165, 1.54) is 11.8 Å². The van der Waals surface area contributed by atoms with Crippen LogP contribution >= 0.6 is 11.8 Å². The van der Waals surface area contributed by atoms with E-state index < -0.39 is 0 Å². The van der Waals surface area contributed by atoms with E-state index >= 15 is 0 Å². The molecule has 0 saturated carbocycles. The first-order valence-corrected chi connectivity index (χ1v) is 13.3. The van der Waals surface area contributed by atoms with Crippen molar-refractivity contribution in [3.05, 3.63) is 88.2 Å². The zero-order valence-electron chi connectivity index (χ0n) is 21.3. The lowest BCUT2D eigenvalue weighted by Gasteiger charge is -2.36. The van der Waals surface area contributed by atoms with Crippen molar-refractivity contribution in [2.24, 2.45) is 0 Å². The van der Waals surface area contributed by atoms with Crippen molar-refractivity contribution in [1.82, 2.24) is 14.5 Å². The summed E-state index contributed by atoms with van der Waals surface area (Å²) in [6.07, 6.45) is 0. The summed E-state index contributed by atoms with van der Waals surface area (Å²) in [4.78, 5) is 35.7. The van der Waals surface area contributed by atoms with Crippen molar-refractivity contribution < 1.29 is 9.53 Å². The summed E-state index contributed by atoms with van der Waals surface area (Å²) in [7, 11) is 1.66. The van der Waals surface area contributed by atoms with Crippen LogP contribution in [0.25, 0.3) is 16.6 Å². The molecule has 8 heteroatoms. The zero-order valence-corrected chi connectivity index (χ0v) is 22.1.